The van der Waals surface area contributed by atoms with Crippen LogP contribution in [0.2, 0.25) is 0 Å². The first kappa shape index (κ1) is 18.2. The van der Waals surface area contributed by atoms with Gasteiger partial charge in [-0.2, -0.15) is 0 Å². The van der Waals surface area contributed by atoms with Gasteiger partial charge in [-0.3, -0.25) is 4.79 Å². The summed E-state index contributed by atoms with van der Waals surface area (Å²) in [4.78, 5) is 16.3. The van der Waals surface area contributed by atoms with Crippen molar-refractivity contribution in [2.45, 2.75) is 17.4 Å². The van der Waals surface area contributed by atoms with Crippen molar-refractivity contribution >= 4 is 17.7 Å². The first-order valence-corrected chi connectivity index (χ1v) is 9.72. The zero-order valence-electron chi connectivity index (χ0n) is 14.5. The molecule has 0 bridgehead atoms. The molecule has 1 N–H and O–H groups in total. The molecule has 2 aromatic carbocycles. The van der Waals surface area contributed by atoms with Crippen LogP contribution in [0, 0.1) is 0 Å². The Balaban J connectivity index is 1.54. The molecule has 1 amide bonds. The molecule has 0 aliphatic carbocycles. The van der Waals surface area contributed by atoms with Gasteiger partial charge in [0.1, 0.15) is 0 Å². The third kappa shape index (κ3) is 5.46. The second kappa shape index (κ2) is 9.78. The van der Waals surface area contributed by atoms with E-state index in [2.05, 4.69) is 58.8 Å². The fourth-order valence-electron chi connectivity index (χ4n) is 2.88. The van der Waals surface area contributed by atoms with Gasteiger partial charge in [-0.15, -0.1) is 0 Å². The maximum absolute atomic E-state index is 12.1. The number of rotatable bonds is 8. The highest BCUT2D eigenvalue weighted by Gasteiger charge is 2.14. The first-order valence-electron chi connectivity index (χ1n) is 8.73. The maximum atomic E-state index is 12.1. The second-order valence-corrected chi connectivity index (χ2v) is 6.96. The molecule has 0 saturated heterocycles. The van der Waals surface area contributed by atoms with E-state index >= 15 is 0 Å². The lowest BCUT2D eigenvalue weighted by Gasteiger charge is -2.18. The SMILES string of the molecule is O=C(CSc1ccccn1)NCCC(c1ccccc1)c1ccccc1. The molecule has 3 rings (SSSR count). The Kier molecular flexibility index (Phi) is 6.85. The molecule has 0 spiro atoms. The monoisotopic (exact) mass is 362 g/mol. The summed E-state index contributed by atoms with van der Waals surface area (Å²) in [5.74, 6) is 0.708. The topological polar surface area (TPSA) is 42.0 Å². The van der Waals surface area contributed by atoms with Gasteiger partial charge < -0.3 is 5.32 Å². The van der Waals surface area contributed by atoms with Crippen molar-refractivity contribution in [1.29, 1.82) is 0 Å². The molecule has 0 radical (unpaired) electrons. The number of amides is 1. The van der Waals surface area contributed by atoms with Crippen molar-refractivity contribution in [3.05, 3.63) is 96.2 Å². The van der Waals surface area contributed by atoms with Gasteiger partial charge in [-0.25, -0.2) is 4.98 Å². The Bertz CT molecular complexity index is 755. The summed E-state index contributed by atoms with van der Waals surface area (Å²) in [5.41, 5.74) is 2.55. The van der Waals surface area contributed by atoms with Crippen LogP contribution in [0.25, 0.3) is 0 Å². The van der Waals surface area contributed by atoms with Crippen molar-refractivity contribution in [2.24, 2.45) is 0 Å². The summed E-state index contributed by atoms with van der Waals surface area (Å²) in [6, 6.07) is 26.6. The van der Waals surface area contributed by atoms with Crippen LogP contribution in [0.4, 0.5) is 0 Å². The zero-order valence-corrected chi connectivity index (χ0v) is 15.4. The van der Waals surface area contributed by atoms with Gasteiger partial charge in [0.15, 0.2) is 0 Å². The van der Waals surface area contributed by atoms with Crippen LogP contribution in [0.1, 0.15) is 23.5 Å². The van der Waals surface area contributed by atoms with Gasteiger partial charge in [0.25, 0.3) is 0 Å². The zero-order chi connectivity index (χ0) is 18.0. The molecule has 0 aliphatic heterocycles. The van der Waals surface area contributed by atoms with E-state index in [1.807, 2.05) is 30.3 Å². The van der Waals surface area contributed by atoms with Gasteiger partial charge in [0.05, 0.1) is 10.8 Å². The Morgan fingerprint density at radius 2 is 1.50 bits per heavy atom. The number of nitrogens with zero attached hydrogens (tertiary/aromatic N) is 1. The summed E-state index contributed by atoms with van der Waals surface area (Å²) < 4.78 is 0. The summed E-state index contributed by atoms with van der Waals surface area (Å²) in [5, 5.41) is 3.90. The smallest absolute Gasteiger partial charge is 0.230 e. The van der Waals surface area contributed by atoms with Crippen molar-refractivity contribution in [1.82, 2.24) is 10.3 Å². The van der Waals surface area contributed by atoms with E-state index in [0.717, 1.165) is 11.4 Å². The van der Waals surface area contributed by atoms with Crippen LogP contribution < -0.4 is 5.32 Å². The van der Waals surface area contributed by atoms with E-state index in [0.29, 0.717) is 12.3 Å². The molecule has 0 aliphatic rings. The molecule has 0 saturated carbocycles. The number of hydrogen-bond donors (Lipinski definition) is 1. The summed E-state index contributed by atoms with van der Waals surface area (Å²) >= 11 is 1.46. The summed E-state index contributed by atoms with van der Waals surface area (Å²) in [6.07, 6.45) is 2.61. The van der Waals surface area contributed by atoms with Crippen molar-refractivity contribution in [2.75, 3.05) is 12.3 Å². The van der Waals surface area contributed by atoms with Crippen LogP contribution in [-0.4, -0.2) is 23.2 Å². The molecule has 0 unspecified atom stereocenters. The highest BCUT2D eigenvalue weighted by Crippen LogP contribution is 2.27. The molecular formula is C22H22N2OS. The van der Waals surface area contributed by atoms with Gasteiger partial charge in [0, 0.05) is 18.7 Å². The summed E-state index contributed by atoms with van der Waals surface area (Å²) in [6.45, 7) is 0.649. The fraction of sp³-hybridized carbons (Fsp3) is 0.182. The minimum Gasteiger partial charge on any atom is -0.355 e. The molecule has 1 aromatic heterocycles. The third-order valence-electron chi connectivity index (χ3n) is 4.15. The number of nitrogens with one attached hydrogen (secondary N) is 1. The largest absolute Gasteiger partial charge is 0.355 e. The quantitative estimate of drug-likeness (QED) is 0.600. The second-order valence-electron chi connectivity index (χ2n) is 5.97. The number of carbonyl (C=O) groups excluding carboxylic acids is 1. The van der Waals surface area contributed by atoms with Gasteiger partial charge in [0.2, 0.25) is 5.91 Å². The lowest BCUT2D eigenvalue weighted by atomic mass is 9.88. The van der Waals surface area contributed by atoms with Crippen LogP contribution >= 0.6 is 11.8 Å². The molecule has 0 fully saturated rings. The van der Waals surface area contributed by atoms with Gasteiger partial charge >= 0.3 is 0 Å². The Morgan fingerprint density at radius 1 is 0.885 bits per heavy atom. The normalized spacial score (nSPS) is 10.7. The number of thioether (sulfide) groups is 1. The number of carbonyl (C=O) groups is 1. The van der Waals surface area contributed by atoms with Crippen molar-refractivity contribution < 1.29 is 4.79 Å². The predicted octanol–water partition coefficient (Wildman–Crippen LogP) is 4.51. The number of benzene rings is 2. The van der Waals surface area contributed by atoms with E-state index in [-0.39, 0.29) is 11.8 Å². The highest BCUT2D eigenvalue weighted by molar-refractivity contribution is 7.99. The van der Waals surface area contributed by atoms with Crippen LogP contribution in [-0.2, 0) is 4.79 Å². The van der Waals surface area contributed by atoms with Crippen molar-refractivity contribution in [3.63, 3.8) is 0 Å². The number of hydrogen-bond acceptors (Lipinski definition) is 3. The third-order valence-corrected chi connectivity index (χ3v) is 5.09. The minimum absolute atomic E-state index is 0.0422. The van der Waals surface area contributed by atoms with E-state index in [4.69, 9.17) is 0 Å². The average molecular weight is 362 g/mol. The molecular weight excluding hydrogens is 340 g/mol. The van der Waals surface area contributed by atoms with E-state index < -0.39 is 0 Å². The molecule has 3 aromatic rings. The van der Waals surface area contributed by atoms with E-state index in [1.165, 1.54) is 22.9 Å². The molecule has 132 valence electrons. The Morgan fingerprint density at radius 3 is 2.08 bits per heavy atom. The molecule has 26 heavy (non-hydrogen) atoms. The Hall–Kier alpha value is -2.59. The first-order chi connectivity index (χ1) is 12.8. The molecule has 4 heteroatoms. The number of aromatic nitrogens is 1. The fourth-order valence-corrected chi connectivity index (χ4v) is 3.57. The minimum atomic E-state index is 0.0422. The summed E-state index contributed by atoms with van der Waals surface area (Å²) in [7, 11) is 0. The highest BCUT2D eigenvalue weighted by atomic mass is 32.2. The van der Waals surface area contributed by atoms with E-state index in [1.54, 1.807) is 6.20 Å². The van der Waals surface area contributed by atoms with Crippen LogP contribution in [0.5, 0.6) is 0 Å². The van der Waals surface area contributed by atoms with Crippen LogP contribution in [0.15, 0.2) is 90.1 Å². The molecule has 0 atom stereocenters. The average Bonchev–Trinajstić information content (AvgIpc) is 2.72. The number of pyridine rings is 1. The molecule has 3 nitrogen and oxygen atoms in total. The Labute approximate surface area is 158 Å². The van der Waals surface area contributed by atoms with Crippen molar-refractivity contribution in [3.8, 4) is 0 Å². The lowest BCUT2D eigenvalue weighted by molar-refractivity contribution is -0.118. The lowest BCUT2D eigenvalue weighted by Crippen LogP contribution is -2.27. The standard InChI is InChI=1S/C22H22N2OS/c25-21(17-26-22-13-7-8-15-24-22)23-16-14-20(18-9-3-1-4-10-18)19-11-5-2-6-12-19/h1-13,15,20H,14,16-17H2,(H,23,25). The predicted molar refractivity (Wildman–Crippen MR) is 107 cm³/mol. The van der Waals surface area contributed by atoms with E-state index in [9.17, 15) is 4.79 Å². The maximum Gasteiger partial charge on any atom is 0.230 e. The van der Waals surface area contributed by atoms with Gasteiger partial charge in [-0.1, -0.05) is 78.5 Å². The van der Waals surface area contributed by atoms with Gasteiger partial charge in [-0.05, 0) is 29.7 Å². The molecule has 1 heterocycles. The van der Waals surface area contributed by atoms with Crippen LogP contribution in [0.3, 0.4) is 0 Å².